The van der Waals surface area contributed by atoms with E-state index in [0.29, 0.717) is 5.56 Å². The second-order valence-corrected chi connectivity index (χ2v) is 7.27. The molecule has 1 aliphatic rings. The minimum absolute atomic E-state index is 0.0784. The van der Waals surface area contributed by atoms with Gasteiger partial charge in [0.05, 0.1) is 12.2 Å². The predicted molar refractivity (Wildman–Crippen MR) is 74.4 cm³/mol. The molecule has 1 fully saturated rings. The zero-order valence-corrected chi connectivity index (χ0v) is 13.0. The second kappa shape index (κ2) is 6.10. The van der Waals surface area contributed by atoms with Crippen molar-refractivity contribution in [2.75, 3.05) is 6.16 Å². The minimum Gasteiger partial charge on any atom is -0.779 e. The number of aromatic amines is 1. The fourth-order valence-electron chi connectivity index (χ4n) is 2.63. The van der Waals surface area contributed by atoms with Crippen LogP contribution in [-0.2, 0) is 9.30 Å². The van der Waals surface area contributed by atoms with Gasteiger partial charge in [-0.1, -0.05) is 6.92 Å². The Kier molecular flexibility index (Phi) is 4.74. The van der Waals surface area contributed by atoms with Crippen LogP contribution in [0.5, 0.6) is 0 Å². The van der Waals surface area contributed by atoms with E-state index >= 15 is 0 Å². The number of nitrogens with one attached hydrogen (secondary N) is 1. The first kappa shape index (κ1) is 17.1. The Morgan fingerprint density at radius 1 is 1.59 bits per heavy atom. The number of hydrogen-bond donors (Lipinski definition) is 3. The molecule has 0 bridgehead atoms. The zero-order chi connectivity index (χ0) is 16.7. The molecule has 5 atom stereocenters. The summed E-state index contributed by atoms with van der Waals surface area (Å²) in [6.45, 7) is 3.05. The lowest BCUT2D eigenvalue weighted by molar-refractivity contribution is -0.194. The van der Waals surface area contributed by atoms with Gasteiger partial charge in [-0.3, -0.25) is 14.3 Å². The molecule has 0 saturated carbocycles. The Balaban J connectivity index is 2.21. The molecular weight excluding hydrogens is 315 g/mol. The van der Waals surface area contributed by atoms with E-state index in [1.54, 1.807) is 0 Å². The lowest BCUT2D eigenvalue weighted by Crippen LogP contribution is -2.34. The van der Waals surface area contributed by atoms with E-state index in [0.717, 1.165) is 4.57 Å². The quantitative estimate of drug-likeness (QED) is 0.579. The molecule has 1 saturated heterocycles. The molecule has 0 radical (unpaired) electrons. The smallest absolute Gasteiger partial charge is 0.330 e. The first-order valence-electron chi connectivity index (χ1n) is 6.77. The van der Waals surface area contributed by atoms with Crippen molar-refractivity contribution in [3.8, 4) is 0 Å². The third-order valence-corrected chi connectivity index (χ3v) is 4.71. The summed E-state index contributed by atoms with van der Waals surface area (Å²) in [5, 5.41) is 10.0. The van der Waals surface area contributed by atoms with Crippen molar-refractivity contribution in [3.05, 3.63) is 32.6 Å². The first-order valence-corrected chi connectivity index (χ1v) is 8.53. The summed E-state index contributed by atoms with van der Waals surface area (Å²) in [6.07, 6.45) is -1.74. The molecule has 0 amide bonds. The van der Waals surface area contributed by atoms with Gasteiger partial charge >= 0.3 is 5.69 Å². The zero-order valence-electron chi connectivity index (χ0n) is 12.1. The Bertz CT molecular complexity index is 706. The Labute approximate surface area is 125 Å². The van der Waals surface area contributed by atoms with Crippen molar-refractivity contribution in [3.63, 3.8) is 0 Å². The molecule has 2 heterocycles. The van der Waals surface area contributed by atoms with Crippen LogP contribution in [0.2, 0.25) is 0 Å². The highest BCUT2D eigenvalue weighted by Crippen LogP contribution is 2.38. The van der Waals surface area contributed by atoms with Crippen molar-refractivity contribution in [2.24, 2.45) is 5.92 Å². The highest BCUT2D eigenvalue weighted by atomic mass is 31.2. The molecule has 2 rings (SSSR count). The number of hydrogen-bond acceptors (Lipinski definition) is 6. The molecule has 22 heavy (non-hydrogen) atoms. The maximum absolute atomic E-state index is 11.8. The normalized spacial score (nSPS) is 29.2. The van der Waals surface area contributed by atoms with E-state index in [1.165, 1.54) is 20.0 Å². The summed E-state index contributed by atoms with van der Waals surface area (Å²) in [5.74, 6) is -0.645. The molecule has 0 aliphatic carbocycles. The monoisotopic (exact) mass is 333 g/mol. The largest absolute Gasteiger partial charge is 0.779 e. The van der Waals surface area contributed by atoms with Gasteiger partial charge in [-0.15, -0.1) is 0 Å². The molecule has 10 heteroatoms. The average Bonchev–Trinajstić information content (AvgIpc) is 2.73. The van der Waals surface area contributed by atoms with Gasteiger partial charge < -0.3 is 24.2 Å². The van der Waals surface area contributed by atoms with E-state index in [9.17, 15) is 24.2 Å². The molecule has 9 nitrogen and oxygen atoms in total. The summed E-state index contributed by atoms with van der Waals surface area (Å²) in [5.41, 5.74) is -0.858. The highest BCUT2D eigenvalue weighted by molar-refractivity contribution is 7.50. The van der Waals surface area contributed by atoms with Crippen LogP contribution in [0.3, 0.4) is 0 Å². The fourth-order valence-corrected chi connectivity index (χ4v) is 3.56. The summed E-state index contributed by atoms with van der Waals surface area (Å²) in [6, 6.07) is 0. The van der Waals surface area contributed by atoms with E-state index in [1.807, 2.05) is 0 Å². The van der Waals surface area contributed by atoms with Gasteiger partial charge in [-0.05, 0) is 12.8 Å². The minimum atomic E-state index is -4.47. The van der Waals surface area contributed by atoms with Crippen LogP contribution in [0.15, 0.2) is 15.8 Å². The van der Waals surface area contributed by atoms with Crippen molar-refractivity contribution >= 4 is 7.60 Å². The summed E-state index contributed by atoms with van der Waals surface area (Å²) in [4.78, 5) is 45.1. The summed E-state index contributed by atoms with van der Waals surface area (Å²) in [7, 11) is -4.47. The molecule has 0 aromatic carbocycles. The van der Waals surface area contributed by atoms with Gasteiger partial charge in [0.2, 0.25) is 0 Å². The number of aromatic nitrogens is 2. The van der Waals surface area contributed by atoms with Crippen molar-refractivity contribution in [2.45, 2.75) is 38.7 Å². The van der Waals surface area contributed by atoms with E-state index in [2.05, 4.69) is 4.98 Å². The van der Waals surface area contributed by atoms with E-state index < -0.39 is 49.4 Å². The molecule has 0 spiro atoms. The van der Waals surface area contributed by atoms with Crippen LogP contribution in [0.1, 0.15) is 25.1 Å². The van der Waals surface area contributed by atoms with Gasteiger partial charge in [0.25, 0.3) is 5.56 Å². The Hall–Kier alpha value is -1.25. The summed E-state index contributed by atoms with van der Waals surface area (Å²) < 4.78 is 17.7. The van der Waals surface area contributed by atoms with Crippen molar-refractivity contribution < 1.29 is 24.2 Å². The average molecular weight is 333 g/mol. The fraction of sp³-hybridized carbons (Fsp3) is 0.667. The molecule has 1 aliphatic heterocycles. The number of aryl methyl sites for hydroxylation is 1. The maximum Gasteiger partial charge on any atom is 0.330 e. The van der Waals surface area contributed by atoms with Crippen LogP contribution in [0, 0.1) is 12.8 Å². The van der Waals surface area contributed by atoms with Gasteiger partial charge in [0, 0.05) is 24.3 Å². The van der Waals surface area contributed by atoms with Crippen molar-refractivity contribution in [1.82, 2.24) is 9.55 Å². The molecule has 1 aromatic heterocycles. The van der Waals surface area contributed by atoms with Crippen LogP contribution >= 0.6 is 7.60 Å². The third-order valence-electron chi connectivity index (χ3n) is 3.67. The summed E-state index contributed by atoms with van der Waals surface area (Å²) >= 11 is 0. The molecule has 2 unspecified atom stereocenters. The number of nitrogens with zero attached hydrogens (tertiary/aromatic N) is 1. The SMILES string of the molecule is Cc1cn([C@H]2CC(O)[C@@H]([C@@H](C)CP(=O)([O-])O)O2)c(=O)[nH]c1=O. The number of aliphatic hydroxyl groups excluding tert-OH is 1. The number of aliphatic hydroxyl groups is 1. The topological polar surface area (TPSA) is 145 Å². The van der Waals surface area contributed by atoms with Crippen LogP contribution < -0.4 is 16.1 Å². The van der Waals surface area contributed by atoms with Crippen LogP contribution in [-0.4, -0.2) is 37.9 Å². The lowest BCUT2D eigenvalue weighted by atomic mass is 10.0. The standard InChI is InChI=1S/C12H19N2O7P/c1-6-4-14(12(17)13-11(6)16)9-3-8(15)10(21-9)7(2)5-22(18,19)20/h4,7-10,15H,3,5H2,1-2H3,(H,13,16,17)(H2,18,19,20)/p-1/t7-,8?,9+,10+/m0/s1. The van der Waals surface area contributed by atoms with Gasteiger partial charge in [-0.25, -0.2) is 4.79 Å². The number of ether oxygens (including phenoxy) is 1. The molecule has 1 aromatic rings. The highest BCUT2D eigenvalue weighted by Gasteiger charge is 2.39. The maximum atomic E-state index is 11.8. The van der Waals surface area contributed by atoms with E-state index in [4.69, 9.17) is 9.63 Å². The first-order chi connectivity index (χ1) is 10.1. The third kappa shape index (κ3) is 3.74. The van der Waals surface area contributed by atoms with Gasteiger partial charge in [-0.2, -0.15) is 0 Å². The van der Waals surface area contributed by atoms with Crippen molar-refractivity contribution in [1.29, 1.82) is 0 Å². The van der Waals surface area contributed by atoms with E-state index in [-0.39, 0.29) is 6.42 Å². The molecular formula is C12H18N2O7P-. The van der Waals surface area contributed by atoms with Crippen LogP contribution in [0.4, 0.5) is 0 Å². The number of rotatable bonds is 4. The Morgan fingerprint density at radius 3 is 2.82 bits per heavy atom. The Morgan fingerprint density at radius 2 is 2.23 bits per heavy atom. The molecule has 124 valence electrons. The number of H-pyrrole nitrogens is 1. The molecule has 3 N–H and O–H groups in total. The predicted octanol–water partition coefficient (Wildman–Crippen LogP) is -1.32. The lowest BCUT2D eigenvalue weighted by Gasteiger charge is -2.26. The second-order valence-electron chi connectivity index (χ2n) is 5.63. The van der Waals surface area contributed by atoms with Gasteiger partial charge in [0.1, 0.15) is 13.8 Å². The van der Waals surface area contributed by atoms with Crippen LogP contribution in [0.25, 0.3) is 0 Å². The van der Waals surface area contributed by atoms with Gasteiger partial charge in [0.15, 0.2) is 0 Å².